The highest BCUT2D eigenvalue weighted by molar-refractivity contribution is 6.88. The van der Waals surface area contributed by atoms with E-state index in [1.54, 1.807) is 0 Å². The number of unbranched alkanes of at least 4 members (excludes halogenated alkanes) is 3. The standard InChI is InChI=1S/C26H68N2O4Si6/c1-33(2,3)29-37(11,12)31-35(7,8)25-19-23-27-21-17-15-16-18-22-28-24-20-26-36(9,10)32-38(13,14)30-34(4,5)6/h27-28H,15-26H2,1-14H3. The molecule has 0 aromatic heterocycles. The van der Waals surface area contributed by atoms with Gasteiger partial charge in [0, 0.05) is 0 Å². The van der Waals surface area contributed by atoms with E-state index >= 15 is 0 Å². The second kappa shape index (κ2) is 17.2. The highest BCUT2D eigenvalue weighted by Crippen LogP contribution is 2.24. The van der Waals surface area contributed by atoms with E-state index in [0.717, 1.165) is 26.2 Å². The number of rotatable bonds is 23. The maximum Gasteiger partial charge on any atom is 0.311 e. The lowest BCUT2D eigenvalue weighted by molar-refractivity contribution is 0.389. The van der Waals surface area contributed by atoms with Gasteiger partial charge in [-0.05, 0) is 156 Å². The maximum absolute atomic E-state index is 6.61. The van der Waals surface area contributed by atoms with E-state index in [2.05, 4.69) is 102 Å². The third kappa shape index (κ3) is 24.8. The molecule has 0 amide bonds. The summed E-state index contributed by atoms with van der Waals surface area (Å²) in [7, 11) is -10.4. The van der Waals surface area contributed by atoms with E-state index < -0.39 is 50.4 Å². The van der Waals surface area contributed by atoms with E-state index in [4.69, 9.17) is 16.5 Å². The van der Waals surface area contributed by atoms with Gasteiger partial charge in [0.1, 0.15) is 0 Å². The van der Waals surface area contributed by atoms with Crippen LogP contribution in [0.4, 0.5) is 0 Å². The molecule has 0 unspecified atom stereocenters. The average molecular weight is 641 g/mol. The Hall–Kier alpha value is 1.06. The van der Waals surface area contributed by atoms with Crippen molar-refractivity contribution in [2.45, 2.75) is 142 Å². The molecular weight excluding hydrogens is 573 g/mol. The van der Waals surface area contributed by atoms with Crippen LogP contribution in [-0.2, 0) is 16.5 Å². The second-order valence-corrected chi connectivity index (χ2v) is 40.4. The van der Waals surface area contributed by atoms with Crippen molar-refractivity contribution in [2.75, 3.05) is 26.2 Å². The van der Waals surface area contributed by atoms with Gasteiger partial charge >= 0.3 is 17.1 Å². The summed E-state index contributed by atoms with van der Waals surface area (Å²) in [6, 6.07) is 2.41. The Morgan fingerprint density at radius 3 is 0.947 bits per heavy atom. The van der Waals surface area contributed by atoms with Gasteiger partial charge in [0.15, 0.2) is 33.3 Å². The summed E-state index contributed by atoms with van der Waals surface area (Å²) in [6.07, 6.45) is 7.59. The second-order valence-electron chi connectivity index (χ2n) is 15.1. The van der Waals surface area contributed by atoms with E-state index in [-0.39, 0.29) is 0 Å². The fourth-order valence-corrected chi connectivity index (χ4v) is 31.7. The maximum atomic E-state index is 6.61. The Morgan fingerprint density at radius 2 is 0.658 bits per heavy atom. The topological polar surface area (TPSA) is 61.0 Å². The molecule has 0 fully saturated rings. The minimum absolute atomic E-state index is 1.10. The molecule has 12 heteroatoms. The first kappa shape index (κ1) is 39.1. The minimum atomic E-state index is -2.01. The molecule has 0 saturated heterocycles. The number of hydrogen-bond donors (Lipinski definition) is 2. The fourth-order valence-electron chi connectivity index (χ4n) is 5.33. The predicted molar refractivity (Wildman–Crippen MR) is 184 cm³/mol. The number of hydrogen-bond acceptors (Lipinski definition) is 6. The number of nitrogens with one attached hydrogen (secondary N) is 2. The van der Waals surface area contributed by atoms with Crippen molar-refractivity contribution in [2.24, 2.45) is 0 Å². The first-order chi connectivity index (χ1) is 17.0. The Balaban J connectivity index is 3.76. The predicted octanol–water partition coefficient (Wildman–Crippen LogP) is 8.06. The molecule has 0 radical (unpaired) electrons. The lowest BCUT2D eigenvalue weighted by atomic mass is 10.2. The molecule has 230 valence electrons. The van der Waals surface area contributed by atoms with Gasteiger partial charge in [-0.1, -0.05) is 12.8 Å². The first-order valence-electron chi connectivity index (χ1n) is 15.3. The van der Waals surface area contributed by atoms with Crippen LogP contribution in [0, 0.1) is 0 Å². The first-order valence-corrected chi connectivity index (χ1v) is 33.9. The summed E-state index contributed by atoms with van der Waals surface area (Å²) in [5.41, 5.74) is 0. The van der Waals surface area contributed by atoms with E-state index in [1.807, 2.05) is 0 Å². The van der Waals surface area contributed by atoms with Gasteiger partial charge in [-0.15, -0.1) is 0 Å². The third-order valence-electron chi connectivity index (χ3n) is 5.87. The summed E-state index contributed by atoms with van der Waals surface area (Å²) in [5.74, 6) is 0. The van der Waals surface area contributed by atoms with Crippen LogP contribution in [0.2, 0.25) is 104 Å². The highest BCUT2D eigenvalue weighted by Gasteiger charge is 2.38. The molecule has 2 N–H and O–H groups in total. The van der Waals surface area contributed by atoms with Gasteiger partial charge in [0.25, 0.3) is 0 Å². The zero-order chi connectivity index (χ0) is 29.7. The van der Waals surface area contributed by atoms with Crippen LogP contribution in [0.3, 0.4) is 0 Å². The molecule has 0 aliphatic carbocycles. The summed E-state index contributed by atoms with van der Waals surface area (Å²) < 4.78 is 26.0. The van der Waals surface area contributed by atoms with Crippen LogP contribution >= 0.6 is 0 Å². The lowest BCUT2D eigenvalue weighted by Gasteiger charge is -2.37. The van der Waals surface area contributed by atoms with E-state index in [9.17, 15) is 0 Å². The van der Waals surface area contributed by atoms with Gasteiger partial charge in [-0.25, -0.2) is 0 Å². The van der Waals surface area contributed by atoms with Crippen molar-refractivity contribution < 1.29 is 16.5 Å². The van der Waals surface area contributed by atoms with Gasteiger partial charge in [-0.3, -0.25) is 0 Å². The molecule has 0 bridgehead atoms. The molecule has 0 atom stereocenters. The molecule has 0 aromatic rings. The van der Waals surface area contributed by atoms with Crippen molar-refractivity contribution in [1.82, 2.24) is 10.6 Å². The van der Waals surface area contributed by atoms with Crippen LogP contribution in [0.25, 0.3) is 0 Å². The van der Waals surface area contributed by atoms with Crippen molar-refractivity contribution in [3.63, 3.8) is 0 Å². The molecular formula is C26H68N2O4Si6. The molecule has 0 heterocycles. The molecule has 0 spiro atoms. The Bertz CT molecular complexity index is 584. The molecule has 0 aliphatic rings. The summed E-state index contributed by atoms with van der Waals surface area (Å²) in [4.78, 5) is 0. The van der Waals surface area contributed by atoms with Gasteiger partial charge in [0.05, 0.1) is 0 Å². The van der Waals surface area contributed by atoms with Crippen LogP contribution < -0.4 is 10.6 Å². The highest BCUT2D eigenvalue weighted by atomic mass is 28.5. The van der Waals surface area contributed by atoms with E-state index in [1.165, 1.54) is 50.6 Å². The van der Waals surface area contributed by atoms with Crippen LogP contribution in [0.5, 0.6) is 0 Å². The molecule has 0 aromatic carbocycles. The quantitative estimate of drug-likeness (QED) is 0.0870. The monoisotopic (exact) mass is 640 g/mol. The van der Waals surface area contributed by atoms with E-state index in [0.29, 0.717) is 0 Å². The molecule has 38 heavy (non-hydrogen) atoms. The summed E-state index contributed by atoms with van der Waals surface area (Å²) in [5, 5.41) is 7.29. The lowest BCUT2D eigenvalue weighted by Crippen LogP contribution is -2.51. The van der Waals surface area contributed by atoms with Crippen LogP contribution in [-0.4, -0.2) is 76.6 Å². The van der Waals surface area contributed by atoms with Crippen molar-refractivity contribution in [3.8, 4) is 0 Å². The Labute approximate surface area is 245 Å². The van der Waals surface area contributed by atoms with Crippen molar-refractivity contribution >= 4 is 50.4 Å². The van der Waals surface area contributed by atoms with Crippen molar-refractivity contribution in [1.29, 1.82) is 0 Å². The zero-order valence-electron chi connectivity index (χ0n) is 28.1. The summed E-state index contributed by atoms with van der Waals surface area (Å²) >= 11 is 0. The Morgan fingerprint density at radius 1 is 0.368 bits per heavy atom. The SMILES string of the molecule is C[Si](C)(C)O[Si](C)(C)O[Si](C)(C)CCCNCCCCCCNCCC[Si](C)(C)O[Si](C)(C)O[Si](C)(C)C. The normalized spacial score (nSPS) is 14.4. The molecule has 0 rings (SSSR count). The molecule has 0 saturated carbocycles. The largest absolute Gasteiger partial charge is 0.437 e. The molecule has 0 aliphatic heterocycles. The Kier molecular flexibility index (Phi) is 17.7. The fraction of sp³-hybridized carbons (Fsp3) is 1.00. The van der Waals surface area contributed by atoms with Gasteiger partial charge in [0.2, 0.25) is 0 Å². The van der Waals surface area contributed by atoms with Crippen LogP contribution in [0.15, 0.2) is 0 Å². The zero-order valence-corrected chi connectivity index (χ0v) is 34.1. The van der Waals surface area contributed by atoms with Crippen molar-refractivity contribution in [3.05, 3.63) is 0 Å². The molecule has 6 nitrogen and oxygen atoms in total. The average Bonchev–Trinajstić information content (AvgIpc) is 2.62. The third-order valence-corrected chi connectivity index (χ3v) is 26.2. The van der Waals surface area contributed by atoms with Gasteiger partial charge < -0.3 is 27.1 Å². The summed E-state index contributed by atoms with van der Waals surface area (Å²) in [6.45, 7) is 36.3. The van der Waals surface area contributed by atoms with Gasteiger partial charge in [-0.2, -0.15) is 0 Å². The smallest absolute Gasteiger partial charge is 0.311 e. The minimum Gasteiger partial charge on any atom is -0.437 e. The van der Waals surface area contributed by atoms with Crippen LogP contribution in [0.1, 0.15) is 38.5 Å².